The molecule has 0 bridgehead atoms. The molecular weight excluding hydrogens is 346 g/mol. The van der Waals surface area contributed by atoms with Crippen LogP contribution in [0.3, 0.4) is 0 Å². The molecule has 27 heavy (non-hydrogen) atoms. The summed E-state index contributed by atoms with van der Waals surface area (Å²) in [7, 11) is 0. The second-order valence-corrected chi connectivity index (χ2v) is 7.46. The second-order valence-electron chi connectivity index (χ2n) is 7.46. The number of amides is 4. The van der Waals surface area contributed by atoms with Gasteiger partial charge in [-0.05, 0) is 31.9 Å². The quantitative estimate of drug-likeness (QED) is 0.812. The maximum atomic E-state index is 12.9. The summed E-state index contributed by atoms with van der Waals surface area (Å²) in [4.78, 5) is 52.5. The van der Waals surface area contributed by atoms with Gasteiger partial charge in [-0.15, -0.1) is 0 Å². The summed E-state index contributed by atoms with van der Waals surface area (Å²) in [5.41, 5.74) is 0.689. The highest BCUT2D eigenvalue weighted by atomic mass is 16.2. The van der Waals surface area contributed by atoms with E-state index in [0.717, 1.165) is 4.90 Å². The molecule has 7 heteroatoms. The molecule has 0 spiro atoms. The van der Waals surface area contributed by atoms with E-state index in [4.69, 9.17) is 0 Å². The van der Waals surface area contributed by atoms with Gasteiger partial charge in [0.2, 0.25) is 11.8 Å². The fourth-order valence-corrected chi connectivity index (χ4v) is 3.55. The van der Waals surface area contributed by atoms with Crippen LogP contribution in [-0.2, 0) is 9.59 Å². The fourth-order valence-electron chi connectivity index (χ4n) is 3.55. The largest absolute Gasteiger partial charge is 0.353 e. The number of hydrogen-bond donors (Lipinski definition) is 1. The highest BCUT2D eigenvalue weighted by molar-refractivity contribution is 6.22. The topological polar surface area (TPSA) is 86.8 Å². The molecule has 2 aliphatic rings. The summed E-state index contributed by atoms with van der Waals surface area (Å²) in [6, 6.07) is 5.83. The van der Waals surface area contributed by atoms with Gasteiger partial charge in [0.15, 0.2) is 0 Å². The van der Waals surface area contributed by atoms with Crippen LogP contribution in [0.1, 0.15) is 54.3 Å². The van der Waals surface area contributed by atoms with Gasteiger partial charge in [-0.2, -0.15) is 0 Å². The second kappa shape index (κ2) is 7.50. The summed E-state index contributed by atoms with van der Waals surface area (Å²) in [6.07, 6.45) is 1.33. The van der Waals surface area contributed by atoms with E-state index >= 15 is 0 Å². The average Bonchev–Trinajstić information content (AvgIpc) is 2.92. The Morgan fingerprint density at radius 3 is 2.00 bits per heavy atom. The zero-order valence-electron chi connectivity index (χ0n) is 15.9. The highest BCUT2D eigenvalue weighted by Crippen LogP contribution is 2.25. The number of likely N-dealkylation sites (tertiary alicyclic amines) is 1. The number of rotatable bonds is 4. The lowest BCUT2D eigenvalue weighted by molar-refractivity contribution is -0.136. The van der Waals surface area contributed by atoms with E-state index in [1.165, 1.54) is 0 Å². The summed E-state index contributed by atoms with van der Waals surface area (Å²) in [6.45, 7) is 6.27. The zero-order chi connectivity index (χ0) is 19.7. The number of piperidine rings is 1. The Bertz CT molecular complexity index is 746. The summed E-state index contributed by atoms with van der Waals surface area (Å²) >= 11 is 0. The number of carbonyl (C=O) groups is 4. The number of hydrogen-bond acceptors (Lipinski definition) is 4. The molecule has 1 fully saturated rings. The number of imide groups is 1. The monoisotopic (exact) mass is 371 g/mol. The molecule has 1 unspecified atom stereocenters. The minimum absolute atomic E-state index is 0.0131. The Labute approximate surface area is 158 Å². The van der Waals surface area contributed by atoms with Crippen molar-refractivity contribution in [3.63, 3.8) is 0 Å². The van der Waals surface area contributed by atoms with Crippen molar-refractivity contribution in [2.24, 2.45) is 5.92 Å². The SMILES string of the molecule is CC(C)C(=O)NC1CCN(C(=O)C(C)N2C(=O)c3ccccc3C2=O)CC1. The third-order valence-corrected chi connectivity index (χ3v) is 5.25. The van der Waals surface area contributed by atoms with Crippen LogP contribution < -0.4 is 5.32 Å². The van der Waals surface area contributed by atoms with E-state index in [9.17, 15) is 19.2 Å². The van der Waals surface area contributed by atoms with Gasteiger partial charge in [-0.1, -0.05) is 26.0 Å². The predicted molar refractivity (Wildman–Crippen MR) is 99.0 cm³/mol. The van der Waals surface area contributed by atoms with Crippen molar-refractivity contribution in [1.29, 1.82) is 0 Å². The third-order valence-electron chi connectivity index (χ3n) is 5.25. The Morgan fingerprint density at radius 1 is 1.00 bits per heavy atom. The Balaban J connectivity index is 1.62. The summed E-state index contributed by atoms with van der Waals surface area (Å²) in [5, 5.41) is 2.99. The minimum atomic E-state index is -0.848. The molecule has 144 valence electrons. The highest BCUT2D eigenvalue weighted by Gasteiger charge is 2.42. The van der Waals surface area contributed by atoms with Gasteiger partial charge in [0.1, 0.15) is 6.04 Å². The maximum Gasteiger partial charge on any atom is 0.262 e. The van der Waals surface area contributed by atoms with E-state index in [1.54, 1.807) is 36.1 Å². The van der Waals surface area contributed by atoms with Crippen molar-refractivity contribution in [2.45, 2.75) is 45.7 Å². The molecule has 0 saturated carbocycles. The molecule has 7 nitrogen and oxygen atoms in total. The number of carbonyl (C=O) groups excluding carboxylic acids is 4. The number of benzene rings is 1. The van der Waals surface area contributed by atoms with E-state index in [0.29, 0.717) is 37.1 Å². The molecule has 2 aliphatic heterocycles. The van der Waals surface area contributed by atoms with Crippen LogP contribution in [-0.4, -0.2) is 58.6 Å². The fraction of sp³-hybridized carbons (Fsp3) is 0.500. The van der Waals surface area contributed by atoms with Crippen LogP contribution in [0, 0.1) is 5.92 Å². The Kier molecular flexibility index (Phi) is 5.30. The predicted octanol–water partition coefficient (Wildman–Crippen LogP) is 1.43. The van der Waals surface area contributed by atoms with Crippen LogP contribution in [0.4, 0.5) is 0 Å². The van der Waals surface area contributed by atoms with Gasteiger partial charge in [0.05, 0.1) is 11.1 Å². The molecule has 1 N–H and O–H groups in total. The van der Waals surface area contributed by atoms with Gasteiger partial charge in [0.25, 0.3) is 11.8 Å². The minimum Gasteiger partial charge on any atom is -0.353 e. The van der Waals surface area contributed by atoms with Crippen LogP contribution in [0.15, 0.2) is 24.3 Å². The van der Waals surface area contributed by atoms with Crippen LogP contribution in [0.25, 0.3) is 0 Å². The molecule has 0 aromatic heterocycles. The van der Waals surface area contributed by atoms with Gasteiger partial charge < -0.3 is 10.2 Å². The Morgan fingerprint density at radius 2 is 1.52 bits per heavy atom. The number of fused-ring (bicyclic) bond motifs is 1. The van der Waals surface area contributed by atoms with Gasteiger partial charge >= 0.3 is 0 Å². The van der Waals surface area contributed by atoms with E-state index in [1.807, 2.05) is 13.8 Å². The smallest absolute Gasteiger partial charge is 0.262 e. The first-order chi connectivity index (χ1) is 12.8. The van der Waals surface area contributed by atoms with Crippen LogP contribution in [0.5, 0.6) is 0 Å². The van der Waals surface area contributed by atoms with Crippen molar-refractivity contribution >= 4 is 23.6 Å². The molecule has 1 saturated heterocycles. The summed E-state index contributed by atoms with van der Waals surface area (Å²) < 4.78 is 0. The molecule has 1 aromatic carbocycles. The zero-order valence-corrected chi connectivity index (χ0v) is 15.9. The first kappa shape index (κ1) is 19.1. The Hall–Kier alpha value is -2.70. The van der Waals surface area contributed by atoms with Crippen molar-refractivity contribution in [2.75, 3.05) is 13.1 Å². The van der Waals surface area contributed by atoms with Crippen molar-refractivity contribution in [3.8, 4) is 0 Å². The molecule has 1 atom stereocenters. The maximum absolute atomic E-state index is 12.9. The normalized spacial score (nSPS) is 18.7. The molecule has 2 heterocycles. The number of nitrogens with zero attached hydrogens (tertiary/aromatic N) is 2. The van der Waals surface area contributed by atoms with Crippen LogP contribution >= 0.6 is 0 Å². The third kappa shape index (κ3) is 3.59. The van der Waals surface area contributed by atoms with Crippen LogP contribution in [0.2, 0.25) is 0 Å². The van der Waals surface area contributed by atoms with E-state index in [-0.39, 0.29) is 23.8 Å². The molecule has 0 radical (unpaired) electrons. The lowest BCUT2D eigenvalue weighted by Crippen LogP contribution is -2.53. The standard InChI is InChI=1S/C20H25N3O4/c1-12(2)17(24)21-14-8-10-22(11-9-14)18(25)13(3)23-19(26)15-6-4-5-7-16(15)20(23)27/h4-7,12-14H,8-11H2,1-3H3,(H,21,24). The average molecular weight is 371 g/mol. The lowest BCUT2D eigenvalue weighted by Gasteiger charge is -2.35. The molecule has 0 aliphatic carbocycles. The number of nitrogens with one attached hydrogen (secondary N) is 1. The van der Waals surface area contributed by atoms with Crippen molar-refractivity contribution in [1.82, 2.24) is 15.1 Å². The first-order valence-corrected chi connectivity index (χ1v) is 9.37. The molecule has 1 aromatic rings. The molecule has 3 rings (SSSR count). The van der Waals surface area contributed by atoms with Gasteiger partial charge in [0, 0.05) is 25.0 Å². The van der Waals surface area contributed by atoms with E-state index in [2.05, 4.69) is 5.32 Å². The molecule has 4 amide bonds. The van der Waals surface area contributed by atoms with Crippen molar-refractivity contribution < 1.29 is 19.2 Å². The first-order valence-electron chi connectivity index (χ1n) is 9.37. The summed E-state index contributed by atoms with van der Waals surface area (Å²) in [5.74, 6) is -1.14. The van der Waals surface area contributed by atoms with Gasteiger partial charge in [-0.25, -0.2) is 0 Å². The molecular formula is C20H25N3O4. The van der Waals surface area contributed by atoms with Gasteiger partial charge in [-0.3, -0.25) is 24.1 Å². The van der Waals surface area contributed by atoms with E-state index < -0.39 is 17.9 Å². The van der Waals surface area contributed by atoms with Crippen molar-refractivity contribution in [3.05, 3.63) is 35.4 Å². The lowest BCUT2D eigenvalue weighted by atomic mass is 10.0.